The molecule has 0 fully saturated rings. The number of rotatable bonds is 11. The molecule has 0 aliphatic carbocycles. The number of fused-ring (bicyclic) bond motifs is 1. The number of unbranched alkanes of at least 4 members (excludes halogenated alkanes) is 1. The van der Waals surface area contributed by atoms with Crippen LogP contribution in [0.3, 0.4) is 0 Å². The van der Waals surface area contributed by atoms with Gasteiger partial charge < -0.3 is 18.6 Å². The zero-order chi connectivity index (χ0) is 23.8. The van der Waals surface area contributed by atoms with E-state index in [-0.39, 0.29) is 6.61 Å². The molecule has 0 saturated heterocycles. The van der Waals surface area contributed by atoms with E-state index in [9.17, 15) is 9.59 Å². The van der Waals surface area contributed by atoms with E-state index in [0.29, 0.717) is 30.1 Å². The summed E-state index contributed by atoms with van der Waals surface area (Å²) >= 11 is 0. The van der Waals surface area contributed by atoms with Crippen molar-refractivity contribution in [3.8, 4) is 22.6 Å². The molecule has 0 N–H and O–H groups in total. The van der Waals surface area contributed by atoms with Gasteiger partial charge in [-0.3, -0.25) is 0 Å². The zero-order valence-electron chi connectivity index (χ0n) is 19.4. The monoisotopic (exact) mass is 450 g/mol. The molecule has 0 aliphatic rings. The Morgan fingerprint density at radius 2 is 1.76 bits per heavy atom. The summed E-state index contributed by atoms with van der Waals surface area (Å²) in [7, 11) is 0. The highest BCUT2D eigenvalue weighted by molar-refractivity contribution is 5.83. The fourth-order valence-electron chi connectivity index (χ4n) is 3.09. The van der Waals surface area contributed by atoms with E-state index in [4.69, 9.17) is 18.6 Å². The first kappa shape index (κ1) is 24.1. The first-order valence-electron chi connectivity index (χ1n) is 11.0. The van der Waals surface area contributed by atoms with E-state index >= 15 is 0 Å². The smallest absolute Gasteiger partial charge is 0.344 e. The second-order valence-corrected chi connectivity index (χ2v) is 8.64. The highest BCUT2D eigenvalue weighted by atomic mass is 16.5. The number of hydrogen-bond donors (Lipinski definition) is 0. The van der Waals surface area contributed by atoms with Crippen LogP contribution < -0.4 is 15.1 Å². The van der Waals surface area contributed by atoms with Gasteiger partial charge in [-0.15, -0.1) is 0 Å². The fraction of sp³-hybridized carbons (Fsp3) is 0.333. The topological polar surface area (TPSA) is 75.0 Å². The van der Waals surface area contributed by atoms with Crippen LogP contribution in [0.4, 0.5) is 0 Å². The Hall–Kier alpha value is -3.54. The molecule has 0 radical (unpaired) electrons. The molecule has 0 bridgehead atoms. The van der Waals surface area contributed by atoms with Gasteiger partial charge in [0.05, 0.1) is 25.4 Å². The molecule has 0 spiro atoms. The predicted octanol–water partition coefficient (Wildman–Crippen LogP) is 5.77. The van der Waals surface area contributed by atoms with Gasteiger partial charge in [-0.2, -0.15) is 0 Å². The summed E-state index contributed by atoms with van der Waals surface area (Å²) in [6.07, 6.45) is 3.21. The van der Waals surface area contributed by atoms with Crippen molar-refractivity contribution >= 4 is 16.9 Å². The molecule has 1 heterocycles. The summed E-state index contributed by atoms with van der Waals surface area (Å²) in [5.41, 5.74) is 0.879. The van der Waals surface area contributed by atoms with E-state index in [1.807, 2.05) is 56.3 Å². The minimum Gasteiger partial charge on any atom is -0.494 e. The van der Waals surface area contributed by atoms with Crippen LogP contribution in [0, 0.1) is 5.41 Å². The molecular formula is C27H30O6. The van der Waals surface area contributed by atoms with Gasteiger partial charge in [0.1, 0.15) is 17.1 Å². The van der Waals surface area contributed by atoms with E-state index < -0.39 is 17.0 Å². The average Bonchev–Trinajstić information content (AvgIpc) is 2.81. The van der Waals surface area contributed by atoms with Gasteiger partial charge in [0.2, 0.25) is 0 Å². The number of carbonyl (C=O) groups is 1. The van der Waals surface area contributed by atoms with Gasteiger partial charge in [0.25, 0.3) is 0 Å². The summed E-state index contributed by atoms with van der Waals surface area (Å²) in [5, 5.41) is 0.791. The molecule has 6 heteroatoms. The Bertz CT molecular complexity index is 1160. The first-order valence-corrected chi connectivity index (χ1v) is 11.0. The van der Waals surface area contributed by atoms with Crippen molar-refractivity contribution in [2.24, 2.45) is 5.41 Å². The van der Waals surface area contributed by atoms with Crippen LogP contribution in [0.25, 0.3) is 22.1 Å². The second-order valence-electron chi connectivity index (χ2n) is 8.64. The number of ether oxygens (including phenoxy) is 3. The number of hydrogen-bond acceptors (Lipinski definition) is 6. The highest BCUT2D eigenvalue weighted by Gasteiger charge is 2.21. The van der Waals surface area contributed by atoms with Gasteiger partial charge in [0.15, 0.2) is 0 Å². The third-order valence-corrected chi connectivity index (χ3v) is 5.04. The Morgan fingerprint density at radius 1 is 1.03 bits per heavy atom. The quantitative estimate of drug-likeness (QED) is 0.160. The number of benzene rings is 2. The average molecular weight is 451 g/mol. The largest absolute Gasteiger partial charge is 0.494 e. The predicted molar refractivity (Wildman–Crippen MR) is 129 cm³/mol. The third-order valence-electron chi connectivity index (χ3n) is 5.04. The molecule has 1 aromatic heterocycles. The third kappa shape index (κ3) is 6.72. The fourth-order valence-corrected chi connectivity index (χ4v) is 3.09. The van der Waals surface area contributed by atoms with Crippen molar-refractivity contribution in [1.29, 1.82) is 0 Å². The van der Waals surface area contributed by atoms with Crippen LogP contribution in [0.5, 0.6) is 11.5 Å². The molecule has 3 rings (SSSR count). The van der Waals surface area contributed by atoms with Gasteiger partial charge in [-0.1, -0.05) is 45.9 Å². The summed E-state index contributed by atoms with van der Waals surface area (Å²) < 4.78 is 22.2. The highest BCUT2D eigenvalue weighted by Crippen LogP contribution is 2.27. The molecule has 174 valence electrons. The minimum atomic E-state index is -0.468. The van der Waals surface area contributed by atoms with Gasteiger partial charge >= 0.3 is 11.6 Å². The van der Waals surface area contributed by atoms with Gasteiger partial charge in [0, 0.05) is 22.9 Å². The van der Waals surface area contributed by atoms with Gasteiger partial charge in [-0.25, -0.2) is 9.59 Å². The first-order chi connectivity index (χ1) is 15.8. The van der Waals surface area contributed by atoms with Crippen molar-refractivity contribution in [2.45, 2.75) is 33.6 Å². The molecule has 33 heavy (non-hydrogen) atoms. The van der Waals surface area contributed by atoms with E-state index in [1.54, 1.807) is 6.07 Å². The second kappa shape index (κ2) is 10.9. The summed E-state index contributed by atoms with van der Waals surface area (Å²) in [4.78, 5) is 23.9. The number of esters is 1. The van der Waals surface area contributed by atoms with E-state index in [2.05, 4.69) is 13.5 Å². The standard InChI is InChI=1S/C27H30O6/c1-5-7-14-30-21-11-8-19(9-12-21)23-15-20-10-13-22(16-24(20)33-26(23)29)31-17-27(3,4)18-32-25(28)6-2/h6,8-13,15-16H,2,5,7,14,17-18H2,1,3-4H3. The molecular weight excluding hydrogens is 420 g/mol. The lowest BCUT2D eigenvalue weighted by Crippen LogP contribution is -2.28. The zero-order valence-corrected chi connectivity index (χ0v) is 19.4. The van der Waals surface area contributed by atoms with Crippen LogP contribution in [-0.4, -0.2) is 25.8 Å². The van der Waals surface area contributed by atoms with Crippen molar-refractivity contribution in [3.05, 3.63) is 71.6 Å². The Labute approximate surface area is 193 Å². The maximum Gasteiger partial charge on any atom is 0.344 e. The molecule has 6 nitrogen and oxygen atoms in total. The van der Waals surface area contributed by atoms with Gasteiger partial charge in [-0.05, 0) is 42.3 Å². The molecule has 0 atom stereocenters. The summed E-state index contributed by atoms with van der Waals surface area (Å²) in [6, 6.07) is 14.6. The molecule has 0 amide bonds. The maximum atomic E-state index is 12.6. The maximum absolute atomic E-state index is 12.6. The molecule has 0 unspecified atom stereocenters. The van der Waals surface area contributed by atoms with Crippen LogP contribution >= 0.6 is 0 Å². The summed E-state index contributed by atoms with van der Waals surface area (Å²) in [5.74, 6) is 0.876. The van der Waals surface area contributed by atoms with E-state index in [0.717, 1.165) is 35.6 Å². The van der Waals surface area contributed by atoms with Crippen LogP contribution in [0.2, 0.25) is 0 Å². The number of carbonyl (C=O) groups excluding carboxylic acids is 1. The lowest BCUT2D eigenvalue weighted by molar-refractivity contribution is -0.141. The Balaban J connectivity index is 1.72. The summed E-state index contributed by atoms with van der Waals surface area (Å²) in [6.45, 7) is 10.6. The molecule has 3 aromatic rings. The Morgan fingerprint density at radius 3 is 2.45 bits per heavy atom. The molecule has 2 aromatic carbocycles. The molecule has 0 saturated carbocycles. The van der Waals surface area contributed by atoms with E-state index in [1.165, 1.54) is 0 Å². The molecule has 0 aliphatic heterocycles. The SMILES string of the molecule is C=CC(=O)OCC(C)(C)COc1ccc2cc(-c3ccc(OCCCC)cc3)c(=O)oc2c1. The lowest BCUT2D eigenvalue weighted by atomic mass is 9.96. The van der Waals surface area contributed by atoms with Crippen molar-refractivity contribution < 1.29 is 23.4 Å². The minimum absolute atomic E-state index is 0.201. The van der Waals surface area contributed by atoms with Crippen molar-refractivity contribution in [1.82, 2.24) is 0 Å². The Kier molecular flexibility index (Phi) is 7.93. The van der Waals surface area contributed by atoms with Crippen molar-refractivity contribution in [2.75, 3.05) is 19.8 Å². The normalized spacial score (nSPS) is 11.2. The van der Waals surface area contributed by atoms with Crippen LogP contribution in [-0.2, 0) is 9.53 Å². The van der Waals surface area contributed by atoms with Crippen LogP contribution in [0.1, 0.15) is 33.6 Å². The van der Waals surface area contributed by atoms with Crippen LogP contribution in [0.15, 0.2) is 70.4 Å². The van der Waals surface area contributed by atoms with Crippen molar-refractivity contribution in [3.63, 3.8) is 0 Å². The lowest BCUT2D eigenvalue weighted by Gasteiger charge is -2.24.